The lowest BCUT2D eigenvalue weighted by Crippen LogP contribution is -2.27. The van der Waals surface area contributed by atoms with Gasteiger partial charge >= 0.3 is 0 Å². The Hall–Kier alpha value is -3.17. The van der Waals surface area contributed by atoms with Crippen LogP contribution < -0.4 is 5.32 Å². The van der Waals surface area contributed by atoms with Gasteiger partial charge in [0.05, 0.1) is 9.75 Å². The minimum Gasteiger partial charge on any atom is -0.364 e. The zero-order chi connectivity index (χ0) is 18.9. The van der Waals surface area contributed by atoms with Crippen molar-refractivity contribution in [3.05, 3.63) is 65.4 Å². The molecule has 0 aliphatic rings. The van der Waals surface area contributed by atoms with Gasteiger partial charge in [-0.3, -0.25) is 0 Å². The number of hydrogen-bond acceptors (Lipinski definition) is 5. The van der Waals surface area contributed by atoms with E-state index in [2.05, 4.69) is 54.1 Å². The molecule has 0 saturated heterocycles. The summed E-state index contributed by atoms with van der Waals surface area (Å²) in [6.07, 6.45) is 3.52. The number of fused-ring (bicyclic) bond motifs is 1. The highest BCUT2D eigenvalue weighted by Crippen LogP contribution is 2.34. The van der Waals surface area contributed by atoms with Crippen LogP contribution in [0.4, 0.5) is 5.82 Å². The molecule has 0 atom stereocenters. The molecular formula is C21H19N5S. The smallest absolute Gasteiger partial charge is 0.157 e. The van der Waals surface area contributed by atoms with Gasteiger partial charge in [0.1, 0.15) is 11.4 Å². The Morgan fingerprint density at radius 3 is 2.67 bits per heavy atom. The van der Waals surface area contributed by atoms with E-state index < -0.39 is 0 Å². The molecule has 6 heteroatoms. The fourth-order valence-corrected chi connectivity index (χ4v) is 3.47. The molecule has 27 heavy (non-hydrogen) atoms. The van der Waals surface area contributed by atoms with Crippen molar-refractivity contribution >= 4 is 22.8 Å². The SMILES string of the molecule is CC(C)(C)Nc1c(-c2ccc(C#Cc3ccccn3)s2)nc2cccnn12. The third kappa shape index (κ3) is 3.83. The van der Waals surface area contributed by atoms with Gasteiger partial charge in [0.15, 0.2) is 11.5 Å². The van der Waals surface area contributed by atoms with Crippen molar-refractivity contribution in [2.75, 3.05) is 5.32 Å². The Labute approximate surface area is 162 Å². The summed E-state index contributed by atoms with van der Waals surface area (Å²) in [4.78, 5) is 11.1. The van der Waals surface area contributed by atoms with Gasteiger partial charge in [-0.2, -0.15) is 9.61 Å². The lowest BCUT2D eigenvalue weighted by atomic mass is 10.1. The number of thiophene rings is 1. The van der Waals surface area contributed by atoms with Gasteiger partial charge in [0, 0.05) is 17.9 Å². The van der Waals surface area contributed by atoms with E-state index in [0.717, 1.165) is 32.6 Å². The van der Waals surface area contributed by atoms with Crippen molar-refractivity contribution in [1.82, 2.24) is 19.6 Å². The zero-order valence-electron chi connectivity index (χ0n) is 15.4. The number of anilines is 1. The maximum atomic E-state index is 4.79. The Bertz CT molecular complexity index is 1140. The minimum absolute atomic E-state index is 0.110. The first kappa shape index (κ1) is 17.3. The van der Waals surface area contributed by atoms with Crippen LogP contribution in [0.25, 0.3) is 16.2 Å². The van der Waals surface area contributed by atoms with Crippen LogP contribution >= 0.6 is 11.3 Å². The van der Waals surface area contributed by atoms with Crippen LogP contribution in [0.5, 0.6) is 0 Å². The van der Waals surface area contributed by atoms with E-state index in [1.165, 1.54) is 0 Å². The van der Waals surface area contributed by atoms with Crippen LogP contribution in [0.3, 0.4) is 0 Å². The Kier molecular flexibility index (Phi) is 4.38. The monoisotopic (exact) mass is 373 g/mol. The molecular weight excluding hydrogens is 354 g/mol. The number of hydrogen-bond donors (Lipinski definition) is 1. The van der Waals surface area contributed by atoms with Crippen molar-refractivity contribution in [2.24, 2.45) is 0 Å². The summed E-state index contributed by atoms with van der Waals surface area (Å²) in [5, 5.41) is 7.99. The topological polar surface area (TPSA) is 55.1 Å². The molecule has 4 heterocycles. The second kappa shape index (κ2) is 6.86. The van der Waals surface area contributed by atoms with Crippen LogP contribution in [-0.2, 0) is 0 Å². The van der Waals surface area contributed by atoms with Gasteiger partial charge in [-0.1, -0.05) is 6.07 Å². The molecule has 5 nitrogen and oxygen atoms in total. The largest absolute Gasteiger partial charge is 0.364 e. The fraction of sp³-hybridized carbons (Fsp3) is 0.190. The third-order valence-corrected chi connectivity index (χ3v) is 4.71. The first-order chi connectivity index (χ1) is 13.0. The molecule has 0 unspecified atom stereocenters. The summed E-state index contributed by atoms with van der Waals surface area (Å²) in [6, 6.07) is 13.7. The maximum absolute atomic E-state index is 4.79. The predicted octanol–water partition coefficient (Wildman–Crippen LogP) is 4.46. The quantitative estimate of drug-likeness (QED) is 0.527. The molecule has 4 aromatic heterocycles. The lowest BCUT2D eigenvalue weighted by molar-refractivity contribution is 0.626. The lowest BCUT2D eigenvalue weighted by Gasteiger charge is -2.21. The average Bonchev–Trinajstić information content (AvgIpc) is 3.25. The van der Waals surface area contributed by atoms with E-state index in [1.807, 2.05) is 40.9 Å². The van der Waals surface area contributed by atoms with Crippen LogP contribution in [0.1, 0.15) is 31.3 Å². The van der Waals surface area contributed by atoms with Gasteiger partial charge < -0.3 is 5.32 Å². The van der Waals surface area contributed by atoms with E-state index in [-0.39, 0.29) is 5.54 Å². The molecule has 0 saturated carbocycles. The molecule has 0 fully saturated rings. The summed E-state index contributed by atoms with van der Waals surface area (Å²) in [7, 11) is 0. The number of pyridine rings is 1. The Morgan fingerprint density at radius 1 is 1.00 bits per heavy atom. The van der Waals surface area contributed by atoms with E-state index >= 15 is 0 Å². The standard InChI is InChI=1S/C21H19N5S/c1-21(2,3)25-20-19(24-18-8-6-14-23-26(18)20)17-12-11-16(27-17)10-9-15-7-4-5-13-22-15/h4-8,11-14,25H,1-3H3. The number of rotatable bonds is 2. The van der Waals surface area contributed by atoms with Crippen molar-refractivity contribution in [3.8, 4) is 22.4 Å². The molecule has 0 amide bonds. The van der Waals surface area contributed by atoms with Gasteiger partial charge in [-0.15, -0.1) is 11.3 Å². The first-order valence-electron chi connectivity index (χ1n) is 8.65. The Morgan fingerprint density at radius 2 is 1.89 bits per heavy atom. The van der Waals surface area contributed by atoms with Crippen molar-refractivity contribution in [1.29, 1.82) is 0 Å². The van der Waals surface area contributed by atoms with E-state index in [1.54, 1.807) is 23.7 Å². The predicted molar refractivity (Wildman–Crippen MR) is 110 cm³/mol. The van der Waals surface area contributed by atoms with Crippen LogP contribution in [0.2, 0.25) is 0 Å². The number of aromatic nitrogens is 4. The van der Waals surface area contributed by atoms with Crippen molar-refractivity contribution in [2.45, 2.75) is 26.3 Å². The van der Waals surface area contributed by atoms with Gasteiger partial charge in [0.2, 0.25) is 0 Å². The molecule has 1 N–H and O–H groups in total. The van der Waals surface area contributed by atoms with E-state index in [4.69, 9.17) is 4.98 Å². The summed E-state index contributed by atoms with van der Waals surface area (Å²) in [6.45, 7) is 6.37. The summed E-state index contributed by atoms with van der Waals surface area (Å²) in [5.74, 6) is 7.18. The molecule has 4 aromatic rings. The highest BCUT2D eigenvalue weighted by Gasteiger charge is 2.20. The summed E-state index contributed by atoms with van der Waals surface area (Å²) >= 11 is 1.62. The highest BCUT2D eigenvalue weighted by atomic mass is 32.1. The van der Waals surface area contributed by atoms with E-state index in [9.17, 15) is 0 Å². The molecule has 0 spiro atoms. The molecule has 0 bridgehead atoms. The number of nitrogens with one attached hydrogen (secondary N) is 1. The highest BCUT2D eigenvalue weighted by molar-refractivity contribution is 7.16. The van der Waals surface area contributed by atoms with Crippen LogP contribution in [0.15, 0.2) is 54.9 Å². The second-order valence-corrected chi connectivity index (χ2v) is 8.19. The van der Waals surface area contributed by atoms with Crippen molar-refractivity contribution in [3.63, 3.8) is 0 Å². The minimum atomic E-state index is -0.110. The first-order valence-corrected chi connectivity index (χ1v) is 9.46. The molecule has 4 rings (SSSR count). The fourth-order valence-electron chi connectivity index (χ4n) is 2.62. The van der Waals surface area contributed by atoms with Gasteiger partial charge in [-0.25, -0.2) is 9.97 Å². The number of imidazole rings is 1. The summed E-state index contributed by atoms with van der Waals surface area (Å²) < 4.78 is 1.85. The Balaban J connectivity index is 1.74. The van der Waals surface area contributed by atoms with Crippen LogP contribution in [-0.4, -0.2) is 25.1 Å². The maximum Gasteiger partial charge on any atom is 0.157 e. The third-order valence-electron chi connectivity index (χ3n) is 3.70. The van der Waals surface area contributed by atoms with E-state index in [0.29, 0.717) is 0 Å². The molecule has 0 aliphatic carbocycles. The molecule has 0 aliphatic heterocycles. The molecule has 134 valence electrons. The van der Waals surface area contributed by atoms with Gasteiger partial charge in [-0.05, 0) is 69.0 Å². The molecule has 0 aromatic carbocycles. The number of nitrogens with zero attached hydrogens (tertiary/aromatic N) is 4. The van der Waals surface area contributed by atoms with Gasteiger partial charge in [0.25, 0.3) is 0 Å². The zero-order valence-corrected chi connectivity index (χ0v) is 16.2. The molecule has 0 radical (unpaired) electrons. The summed E-state index contributed by atoms with van der Waals surface area (Å²) in [5.41, 5.74) is 2.36. The van der Waals surface area contributed by atoms with Crippen LogP contribution in [0, 0.1) is 11.8 Å². The van der Waals surface area contributed by atoms with Crippen molar-refractivity contribution < 1.29 is 0 Å². The normalized spacial score (nSPS) is 11.2. The second-order valence-electron chi connectivity index (χ2n) is 7.11. The average molecular weight is 373 g/mol.